The van der Waals surface area contributed by atoms with E-state index in [0.29, 0.717) is 17.7 Å². The molecule has 1 aliphatic heterocycles. The number of hydrogen-bond acceptors (Lipinski definition) is 7. The molecule has 0 unspecified atom stereocenters. The summed E-state index contributed by atoms with van der Waals surface area (Å²) in [5.74, 6) is -0.366. The lowest BCUT2D eigenvalue weighted by molar-refractivity contribution is 0.121. The summed E-state index contributed by atoms with van der Waals surface area (Å²) in [5.41, 5.74) is 1.79. The second-order valence-electron chi connectivity index (χ2n) is 8.80. The Bertz CT molecular complexity index is 1410. The lowest BCUT2D eigenvalue weighted by atomic mass is 10.1. The number of piperazine rings is 1. The number of rotatable bonds is 5. The molecule has 5 rings (SSSR count). The fourth-order valence-corrected chi connectivity index (χ4v) is 4.45. The summed E-state index contributed by atoms with van der Waals surface area (Å²) >= 11 is 0. The topological polar surface area (TPSA) is 97.4 Å². The predicted octanol–water partition coefficient (Wildman–Crippen LogP) is 4.03. The third-order valence-electron chi connectivity index (χ3n) is 6.38. The average molecular weight is 477 g/mol. The van der Waals surface area contributed by atoms with Crippen molar-refractivity contribution in [3.63, 3.8) is 0 Å². The van der Waals surface area contributed by atoms with Gasteiger partial charge in [0.2, 0.25) is 0 Å². The third kappa shape index (κ3) is 4.84. The number of nitrogens with zero attached hydrogens (tertiary/aromatic N) is 2. The number of fused-ring (bicyclic) bond motifs is 1. The van der Waals surface area contributed by atoms with E-state index >= 15 is 0 Å². The van der Waals surface area contributed by atoms with E-state index < -0.39 is 5.43 Å². The molecule has 7 nitrogen and oxygen atoms in total. The van der Waals surface area contributed by atoms with E-state index in [-0.39, 0.29) is 39.8 Å². The van der Waals surface area contributed by atoms with Crippen molar-refractivity contribution in [2.45, 2.75) is 13.1 Å². The maximum Gasteiger partial charge on any atom is 0.197 e. The van der Waals surface area contributed by atoms with Crippen LogP contribution in [-0.2, 0) is 13.1 Å². The first kappa shape index (κ1) is 22.9. The summed E-state index contributed by atoms with van der Waals surface area (Å²) in [6, 6.07) is 15.2. The molecule has 180 valence electrons. The summed E-state index contributed by atoms with van der Waals surface area (Å²) in [6.45, 7) is 4.10. The lowest BCUT2D eigenvalue weighted by Crippen LogP contribution is -2.45. The van der Waals surface area contributed by atoms with Crippen LogP contribution < -0.4 is 5.43 Å². The summed E-state index contributed by atoms with van der Waals surface area (Å²) in [4.78, 5) is 17.3. The maximum atomic E-state index is 13.2. The van der Waals surface area contributed by atoms with Crippen LogP contribution in [0, 0.1) is 5.82 Å². The van der Waals surface area contributed by atoms with Crippen molar-refractivity contribution in [2.75, 3.05) is 26.2 Å². The number of halogens is 1. The molecule has 35 heavy (non-hydrogen) atoms. The minimum atomic E-state index is -0.419. The van der Waals surface area contributed by atoms with Crippen LogP contribution in [0.1, 0.15) is 11.1 Å². The number of hydrogen-bond donors (Lipinski definition) is 3. The Balaban J connectivity index is 1.39. The standard InChI is InChI=1S/C27H25FN2O5/c28-19-5-1-17(2-6-19)15-29-9-11-30(12-10-29)16-21-22(32)13-23(33)26-24(34)14-25(35-27(21)26)18-3-7-20(31)8-4-18/h1-8,13-14,31-33H,9-12,15-16H2. The van der Waals surface area contributed by atoms with E-state index in [1.54, 1.807) is 24.3 Å². The molecular formula is C27H25FN2O5. The highest BCUT2D eigenvalue weighted by molar-refractivity contribution is 5.89. The third-order valence-corrected chi connectivity index (χ3v) is 6.38. The minimum Gasteiger partial charge on any atom is -0.508 e. The van der Waals surface area contributed by atoms with Gasteiger partial charge in [-0.05, 0) is 42.0 Å². The van der Waals surface area contributed by atoms with Crippen molar-refractivity contribution in [2.24, 2.45) is 0 Å². The van der Waals surface area contributed by atoms with Gasteiger partial charge in [-0.1, -0.05) is 12.1 Å². The van der Waals surface area contributed by atoms with Crippen LogP contribution in [0.15, 0.2) is 69.9 Å². The molecular weight excluding hydrogens is 451 g/mol. The van der Waals surface area contributed by atoms with Gasteiger partial charge in [-0.25, -0.2) is 4.39 Å². The first-order valence-electron chi connectivity index (χ1n) is 11.4. The van der Waals surface area contributed by atoms with Gasteiger partial charge in [0, 0.05) is 57.0 Å². The fourth-order valence-electron chi connectivity index (χ4n) is 4.45. The van der Waals surface area contributed by atoms with Crippen LogP contribution in [-0.4, -0.2) is 51.3 Å². The molecule has 0 aliphatic carbocycles. The molecule has 0 saturated carbocycles. The van der Waals surface area contributed by atoms with Gasteiger partial charge < -0.3 is 19.7 Å². The van der Waals surface area contributed by atoms with E-state index in [0.717, 1.165) is 38.3 Å². The summed E-state index contributed by atoms with van der Waals surface area (Å²) in [5, 5.41) is 30.6. The Morgan fingerprint density at radius 3 is 2.09 bits per heavy atom. The van der Waals surface area contributed by atoms with Crippen LogP contribution in [0.25, 0.3) is 22.3 Å². The molecule has 2 heterocycles. The number of benzene rings is 3. The Kier molecular flexibility index (Phi) is 6.15. The SMILES string of the molecule is O=c1cc(-c2ccc(O)cc2)oc2c(CN3CCN(Cc4ccc(F)cc4)CC3)c(O)cc(O)c12. The van der Waals surface area contributed by atoms with Crippen molar-refractivity contribution in [3.8, 4) is 28.6 Å². The van der Waals surface area contributed by atoms with E-state index in [4.69, 9.17) is 4.42 Å². The van der Waals surface area contributed by atoms with Gasteiger partial charge in [-0.3, -0.25) is 14.6 Å². The Labute approximate surface area is 200 Å². The fraction of sp³-hybridized carbons (Fsp3) is 0.222. The van der Waals surface area contributed by atoms with E-state index in [1.165, 1.54) is 36.4 Å². The van der Waals surface area contributed by atoms with Gasteiger partial charge in [0.15, 0.2) is 11.0 Å². The monoisotopic (exact) mass is 476 g/mol. The van der Waals surface area contributed by atoms with Crippen LogP contribution in [0.2, 0.25) is 0 Å². The highest BCUT2D eigenvalue weighted by Gasteiger charge is 2.23. The van der Waals surface area contributed by atoms with Crippen LogP contribution in [0.4, 0.5) is 4.39 Å². The molecule has 0 spiro atoms. The number of aromatic hydroxyl groups is 3. The van der Waals surface area contributed by atoms with E-state index in [9.17, 15) is 24.5 Å². The number of phenolic OH excluding ortho intramolecular Hbond substituents is 3. The summed E-state index contributed by atoms with van der Waals surface area (Å²) in [7, 11) is 0. The van der Waals surface area contributed by atoms with Crippen molar-refractivity contribution in [1.29, 1.82) is 0 Å². The van der Waals surface area contributed by atoms with Crippen molar-refractivity contribution in [3.05, 3.63) is 87.8 Å². The molecule has 4 aromatic rings. The van der Waals surface area contributed by atoms with E-state index in [1.807, 2.05) is 0 Å². The van der Waals surface area contributed by atoms with Crippen molar-refractivity contribution < 1.29 is 24.1 Å². The molecule has 1 fully saturated rings. The van der Waals surface area contributed by atoms with E-state index in [2.05, 4.69) is 9.80 Å². The number of phenols is 3. The van der Waals surface area contributed by atoms with Crippen LogP contribution >= 0.6 is 0 Å². The quantitative estimate of drug-likeness (QED) is 0.400. The first-order chi connectivity index (χ1) is 16.9. The zero-order valence-electron chi connectivity index (χ0n) is 18.9. The molecule has 1 aliphatic rings. The average Bonchev–Trinajstić information content (AvgIpc) is 2.84. The molecule has 1 aromatic heterocycles. The second kappa shape index (κ2) is 9.40. The van der Waals surface area contributed by atoms with Crippen molar-refractivity contribution in [1.82, 2.24) is 9.80 Å². The lowest BCUT2D eigenvalue weighted by Gasteiger charge is -2.34. The van der Waals surface area contributed by atoms with Gasteiger partial charge in [0.1, 0.15) is 34.2 Å². The minimum absolute atomic E-state index is 0.0234. The molecule has 1 saturated heterocycles. The zero-order chi connectivity index (χ0) is 24.5. The molecule has 0 radical (unpaired) electrons. The maximum absolute atomic E-state index is 13.2. The molecule has 0 bridgehead atoms. The zero-order valence-corrected chi connectivity index (χ0v) is 18.9. The molecule has 0 atom stereocenters. The largest absolute Gasteiger partial charge is 0.508 e. The summed E-state index contributed by atoms with van der Waals surface area (Å²) < 4.78 is 19.2. The van der Waals surface area contributed by atoms with Gasteiger partial charge in [-0.2, -0.15) is 0 Å². The van der Waals surface area contributed by atoms with Crippen LogP contribution in [0.3, 0.4) is 0 Å². The van der Waals surface area contributed by atoms with Crippen LogP contribution in [0.5, 0.6) is 17.2 Å². The normalized spacial score (nSPS) is 15.0. The van der Waals surface area contributed by atoms with Crippen molar-refractivity contribution >= 4 is 11.0 Å². The smallest absolute Gasteiger partial charge is 0.197 e. The molecule has 0 amide bonds. The molecule has 3 aromatic carbocycles. The molecule has 8 heteroatoms. The Morgan fingerprint density at radius 2 is 1.43 bits per heavy atom. The highest BCUT2D eigenvalue weighted by atomic mass is 19.1. The first-order valence-corrected chi connectivity index (χ1v) is 11.4. The van der Waals surface area contributed by atoms with Gasteiger partial charge in [0.05, 0.1) is 5.56 Å². The Morgan fingerprint density at radius 1 is 0.800 bits per heavy atom. The Hall–Kier alpha value is -3.88. The predicted molar refractivity (Wildman–Crippen MR) is 130 cm³/mol. The van der Waals surface area contributed by atoms with Gasteiger partial charge in [-0.15, -0.1) is 0 Å². The van der Waals surface area contributed by atoms with Gasteiger partial charge >= 0.3 is 0 Å². The highest BCUT2D eigenvalue weighted by Crippen LogP contribution is 2.36. The van der Waals surface area contributed by atoms with Gasteiger partial charge in [0.25, 0.3) is 0 Å². The molecule has 3 N–H and O–H groups in total. The summed E-state index contributed by atoms with van der Waals surface area (Å²) in [6.07, 6.45) is 0. The second-order valence-corrected chi connectivity index (χ2v) is 8.80.